The van der Waals surface area contributed by atoms with E-state index in [0.29, 0.717) is 28.2 Å². The second-order valence-electron chi connectivity index (χ2n) is 11.3. The van der Waals surface area contributed by atoms with Gasteiger partial charge in [-0.05, 0) is 23.3 Å². The Balaban J connectivity index is 1.28. The summed E-state index contributed by atoms with van der Waals surface area (Å²) >= 11 is 12.7. The number of rotatable bonds is 10. The van der Waals surface area contributed by atoms with Gasteiger partial charge in [0.2, 0.25) is 0 Å². The molecule has 0 radical (unpaired) electrons. The first-order chi connectivity index (χ1) is 24.6. The third kappa shape index (κ3) is 5.81. The monoisotopic (exact) mass is 724 g/mol. The second kappa shape index (κ2) is 13.1. The van der Waals surface area contributed by atoms with Crippen LogP contribution in [0.1, 0.15) is 22.5 Å². The van der Waals surface area contributed by atoms with E-state index in [2.05, 4.69) is 20.6 Å². The zero-order valence-electron chi connectivity index (χ0n) is 26.0. The molecule has 1 aliphatic heterocycles. The van der Waals surface area contributed by atoms with E-state index in [1.54, 1.807) is 60.7 Å². The lowest BCUT2D eigenvalue weighted by Crippen LogP contribution is -2.47. The molecule has 4 aromatic carbocycles. The third-order valence-corrected chi connectivity index (χ3v) is 8.91. The molecule has 16 nitrogen and oxygen atoms in total. The van der Waals surface area contributed by atoms with Gasteiger partial charge >= 0.3 is 6.03 Å². The summed E-state index contributed by atoms with van der Waals surface area (Å²) in [5, 5.41) is 39.2. The quantitative estimate of drug-likeness (QED) is 0.0937. The van der Waals surface area contributed by atoms with Crippen molar-refractivity contribution < 1.29 is 19.4 Å². The van der Waals surface area contributed by atoms with E-state index in [1.165, 1.54) is 63.1 Å². The number of nitro groups is 2. The lowest BCUT2D eigenvalue weighted by molar-refractivity contribution is -0.385. The highest BCUT2D eigenvalue weighted by molar-refractivity contribution is 6.33. The van der Waals surface area contributed by atoms with Gasteiger partial charge in [0.15, 0.2) is 5.54 Å². The molecule has 0 unspecified atom stereocenters. The molecule has 1 saturated heterocycles. The number of halogens is 2. The van der Waals surface area contributed by atoms with Crippen molar-refractivity contribution in [2.24, 2.45) is 0 Å². The van der Waals surface area contributed by atoms with Crippen LogP contribution in [-0.2, 0) is 23.4 Å². The van der Waals surface area contributed by atoms with Crippen molar-refractivity contribution >= 4 is 46.5 Å². The van der Waals surface area contributed by atoms with Crippen molar-refractivity contribution in [2.75, 3.05) is 0 Å². The Morgan fingerprint density at radius 1 is 0.647 bits per heavy atom. The maximum absolute atomic E-state index is 14.8. The Morgan fingerprint density at radius 3 is 1.53 bits per heavy atom. The van der Waals surface area contributed by atoms with Crippen LogP contribution in [0, 0.1) is 20.2 Å². The highest BCUT2D eigenvalue weighted by atomic mass is 35.5. The van der Waals surface area contributed by atoms with Crippen LogP contribution in [-0.4, -0.2) is 61.6 Å². The molecule has 6 aromatic rings. The molecule has 51 heavy (non-hydrogen) atoms. The van der Waals surface area contributed by atoms with Crippen LogP contribution in [0.5, 0.6) is 0 Å². The number of nitro benzene ring substituents is 2. The van der Waals surface area contributed by atoms with E-state index in [9.17, 15) is 29.8 Å². The Hall–Kier alpha value is -6.52. The number of carbonyl (C=O) groups excluding carboxylic acids is 2. The van der Waals surface area contributed by atoms with Gasteiger partial charge in [-0.1, -0.05) is 94.3 Å². The minimum absolute atomic E-state index is 0.0513. The normalized spacial score (nSPS) is 13.9. The Bertz CT molecular complexity index is 2290. The lowest BCUT2D eigenvalue weighted by Gasteiger charge is -2.35. The summed E-state index contributed by atoms with van der Waals surface area (Å²) in [5.41, 5.74) is 0.146. The summed E-state index contributed by atoms with van der Waals surface area (Å²) < 4.78 is 2.63. The fraction of sp³-hybridized carbons (Fsp3) is 0.0909. The first-order valence-corrected chi connectivity index (χ1v) is 15.8. The minimum atomic E-state index is -1.65. The summed E-state index contributed by atoms with van der Waals surface area (Å²) in [6.07, 6.45) is 3.00. The van der Waals surface area contributed by atoms with Gasteiger partial charge in [0.25, 0.3) is 17.3 Å². The number of carbonyl (C=O) groups is 2. The number of hydrogen-bond donors (Lipinski definition) is 0. The van der Waals surface area contributed by atoms with Gasteiger partial charge in [0.1, 0.15) is 11.4 Å². The number of urea groups is 1. The van der Waals surface area contributed by atoms with Gasteiger partial charge in [-0.25, -0.2) is 14.2 Å². The predicted molar refractivity (Wildman–Crippen MR) is 181 cm³/mol. The molecule has 18 heteroatoms. The number of amides is 3. The topological polar surface area (TPSA) is 188 Å². The van der Waals surface area contributed by atoms with Gasteiger partial charge in [-0.2, -0.15) is 0 Å². The van der Waals surface area contributed by atoms with Crippen molar-refractivity contribution in [1.29, 1.82) is 0 Å². The summed E-state index contributed by atoms with van der Waals surface area (Å²) in [6, 6.07) is 24.8. The predicted octanol–water partition coefficient (Wildman–Crippen LogP) is 5.88. The largest absolute Gasteiger partial charge is 0.328 e. The smallest absolute Gasteiger partial charge is 0.295 e. The first-order valence-electron chi connectivity index (χ1n) is 15.0. The van der Waals surface area contributed by atoms with Crippen LogP contribution in [0.3, 0.4) is 0 Å². The van der Waals surface area contributed by atoms with Crippen molar-refractivity contribution in [3.05, 3.63) is 162 Å². The molecule has 7 rings (SSSR count). The maximum Gasteiger partial charge on any atom is 0.328 e. The molecule has 0 N–H and O–H groups in total. The van der Waals surface area contributed by atoms with E-state index < -0.39 is 27.3 Å². The average Bonchev–Trinajstić information content (AvgIpc) is 3.84. The van der Waals surface area contributed by atoms with Gasteiger partial charge < -0.3 is 0 Å². The molecule has 0 bridgehead atoms. The van der Waals surface area contributed by atoms with Gasteiger partial charge in [-0.3, -0.25) is 34.8 Å². The van der Waals surface area contributed by atoms with Crippen LogP contribution in [0.2, 0.25) is 10.0 Å². The van der Waals surface area contributed by atoms with Crippen molar-refractivity contribution in [1.82, 2.24) is 39.8 Å². The molecule has 0 saturated carbocycles. The average molecular weight is 726 g/mol. The van der Waals surface area contributed by atoms with Crippen LogP contribution < -0.4 is 0 Å². The summed E-state index contributed by atoms with van der Waals surface area (Å²) in [5.74, 6) is -0.557. The molecule has 3 amide bonds. The standard InChI is InChI=1S/C33H22Cl2N10O6/c34-27-15-25(44(48)49)11-13-29(27)42-19-23(36-38-42)17-40-31(46)33(21-7-3-1-4-8-21,22-9-5-2-6-10-22)41(32(40)47)18-24-20-43(39-37-24)30-14-12-26(45(50)51)16-28(30)35/h1-16,19-20H,17-18H2. The fourth-order valence-corrected chi connectivity index (χ4v) is 6.51. The molecule has 0 aliphatic carbocycles. The fourth-order valence-electron chi connectivity index (χ4n) is 5.99. The minimum Gasteiger partial charge on any atom is -0.295 e. The van der Waals surface area contributed by atoms with Crippen molar-refractivity contribution in [3.63, 3.8) is 0 Å². The van der Waals surface area contributed by atoms with Crippen LogP contribution in [0.25, 0.3) is 11.4 Å². The number of benzene rings is 4. The zero-order chi connectivity index (χ0) is 35.9. The molecular formula is C33H22Cl2N10O6. The zero-order valence-corrected chi connectivity index (χ0v) is 27.5. The SMILES string of the molecule is O=C1N(Cc2cn(-c3ccc([N+](=O)[O-])cc3Cl)nn2)C(=O)C(c2ccccc2)(c2ccccc2)N1Cc1cn(-c2ccc([N+](=O)[O-])cc2Cl)nn1. The maximum atomic E-state index is 14.8. The number of nitrogens with zero attached hydrogens (tertiary/aromatic N) is 10. The summed E-state index contributed by atoms with van der Waals surface area (Å²) in [6.45, 7) is -0.453. The van der Waals surface area contributed by atoms with E-state index in [0.717, 1.165) is 4.90 Å². The highest BCUT2D eigenvalue weighted by Crippen LogP contribution is 2.44. The second-order valence-corrected chi connectivity index (χ2v) is 12.1. The molecular weight excluding hydrogens is 703 g/mol. The van der Waals surface area contributed by atoms with E-state index in [1.807, 2.05) is 0 Å². The highest BCUT2D eigenvalue weighted by Gasteiger charge is 2.59. The van der Waals surface area contributed by atoms with E-state index in [4.69, 9.17) is 23.2 Å². The van der Waals surface area contributed by atoms with Gasteiger partial charge in [0.05, 0.1) is 56.7 Å². The number of hydrogen-bond acceptors (Lipinski definition) is 10. The van der Waals surface area contributed by atoms with Crippen molar-refractivity contribution in [3.8, 4) is 11.4 Å². The van der Waals surface area contributed by atoms with Gasteiger partial charge in [0, 0.05) is 24.3 Å². The lowest BCUT2D eigenvalue weighted by atomic mass is 9.81. The van der Waals surface area contributed by atoms with Crippen molar-refractivity contribution in [2.45, 2.75) is 18.6 Å². The summed E-state index contributed by atoms with van der Waals surface area (Å²) in [4.78, 5) is 53.1. The molecule has 254 valence electrons. The number of imide groups is 1. The van der Waals surface area contributed by atoms with Crippen LogP contribution >= 0.6 is 23.2 Å². The molecule has 0 spiro atoms. The first kappa shape index (κ1) is 33.0. The Labute approximate surface area is 297 Å². The van der Waals surface area contributed by atoms with Crippen LogP contribution in [0.4, 0.5) is 16.2 Å². The Kier molecular flexibility index (Phi) is 8.46. The molecule has 3 heterocycles. The third-order valence-electron chi connectivity index (χ3n) is 8.30. The van der Waals surface area contributed by atoms with E-state index >= 15 is 0 Å². The number of non-ortho nitro benzene ring substituents is 2. The molecule has 1 aliphatic rings. The number of aromatic nitrogens is 6. The van der Waals surface area contributed by atoms with E-state index in [-0.39, 0.29) is 40.2 Å². The Morgan fingerprint density at radius 2 is 1.10 bits per heavy atom. The summed E-state index contributed by atoms with van der Waals surface area (Å²) in [7, 11) is 0. The van der Waals surface area contributed by atoms with Crippen LogP contribution in [0.15, 0.2) is 109 Å². The molecule has 0 atom stereocenters. The van der Waals surface area contributed by atoms with Gasteiger partial charge in [-0.15, -0.1) is 10.2 Å². The molecule has 1 fully saturated rings. The molecule has 2 aromatic heterocycles.